The van der Waals surface area contributed by atoms with Crippen molar-refractivity contribution in [2.24, 2.45) is 0 Å². The van der Waals surface area contributed by atoms with Crippen molar-refractivity contribution in [2.45, 2.75) is 12.8 Å². The van der Waals surface area contributed by atoms with Gasteiger partial charge in [-0.15, -0.1) is 0 Å². The molecule has 1 heterocycles. The first-order valence-corrected chi connectivity index (χ1v) is 5.96. The lowest BCUT2D eigenvalue weighted by Crippen LogP contribution is -1.89. The molecule has 18 heavy (non-hydrogen) atoms. The molecule has 90 valence electrons. The highest BCUT2D eigenvalue weighted by atomic mass is 16.4. The van der Waals surface area contributed by atoms with E-state index in [1.54, 1.807) is 6.20 Å². The Morgan fingerprint density at radius 1 is 1.11 bits per heavy atom. The largest absolute Gasteiger partial charge is 0.428 e. The summed E-state index contributed by atoms with van der Waals surface area (Å²) in [6.07, 6.45) is 9.95. The highest BCUT2D eigenvalue weighted by molar-refractivity contribution is 5.52. The number of rotatable bonds is 3. The summed E-state index contributed by atoms with van der Waals surface area (Å²) < 4.78 is 5.68. The van der Waals surface area contributed by atoms with E-state index < -0.39 is 0 Å². The number of hydrogen-bond donors (Lipinski definition) is 1. The van der Waals surface area contributed by atoms with Gasteiger partial charge in [-0.05, 0) is 19.1 Å². The van der Waals surface area contributed by atoms with Crippen molar-refractivity contribution < 1.29 is 4.42 Å². The fourth-order valence-electron chi connectivity index (χ4n) is 1.88. The Labute approximate surface area is 106 Å². The molecular weight excluding hydrogens is 224 g/mol. The highest BCUT2D eigenvalue weighted by Crippen LogP contribution is 2.26. The molecular formula is C15H14N2O. The van der Waals surface area contributed by atoms with Crippen LogP contribution in [0.25, 0.3) is 0 Å². The minimum atomic E-state index is 0.214. The fourth-order valence-corrected chi connectivity index (χ4v) is 1.88. The average Bonchev–Trinajstić information content (AvgIpc) is 3.02. The van der Waals surface area contributed by atoms with Crippen molar-refractivity contribution in [3.8, 4) is 0 Å². The molecule has 0 bridgehead atoms. The van der Waals surface area contributed by atoms with Crippen LogP contribution in [-0.2, 0) is 0 Å². The summed E-state index contributed by atoms with van der Waals surface area (Å²) in [5.41, 5.74) is 2.21. The van der Waals surface area contributed by atoms with Gasteiger partial charge < -0.3 is 9.73 Å². The molecule has 1 aliphatic carbocycles. The van der Waals surface area contributed by atoms with Crippen LogP contribution in [0.5, 0.6) is 0 Å². The monoisotopic (exact) mass is 238 g/mol. The molecule has 0 unspecified atom stereocenters. The van der Waals surface area contributed by atoms with Gasteiger partial charge in [0.1, 0.15) is 5.76 Å². The molecule has 0 aliphatic heterocycles. The molecule has 0 spiro atoms. The van der Waals surface area contributed by atoms with Crippen LogP contribution in [0.2, 0.25) is 0 Å². The Morgan fingerprint density at radius 2 is 1.83 bits per heavy atom. The number of nitrogens with zero attached hydrogens (tertiary/aromatic N) is 1. The van der Waals surface area contributed by atoms with Crippen molar-refractivity contribution >= 4 is 11.7 Å². The summed E-state index contributed by atoms with van der Waals surface area (Å²) in [6, 6.07) is 8.65. The van der Waals surface area contributed by atoms with Crippen LogP contribution >= 0.6 is 0 Å². The Morgan fingerprint density at radius 3 is 2.56 bits per heavy atom. The number of nitrogens with one attached hydrogen (secondary N) is 1. The molecule has 0 atom stereocenters. The van der Waals surface area contributed by atoms with Gasteiger partial charge in [0.15, 0.2) is 0 Å². The second kappa shape index (κ2) is 4.53. The van der Waals surface area contributed by atoms with Gasteiger partial charge >= 0.3 is 0 Å². The van der Waals surface area contributed by atoms with Gasteiger partial charge in [-0.25, -0.2) is 4.98 Å². The maximum Gasteiger partial charge on any atom is 0.299 e. The van der Waals surface area contributed by atoms with E-state index in [1.807, 2.05) is 24.3 Å². The summed E-state index contributed by atoms with van der Waals surface area (Å²) in [5, 5.41) is 3.15. The van der Waals surface area contributed by atoms with Gasteiger partial charge in [0, 0.05) is 5.69 Å². The Balaban J connectivity index is 1.75. The van der Waals surface area contributed by atoms with Crippen LogP contribution in [0.15, 0.2) is 59.2 Å². The average molecular weight is 238 g/mol. The van der Waals surface area contributed by atoms with Crippen molar-refractivity contribution in [1.29, 1.82) is 0 Å². The third-order valence-corrected chi connectivity index (χ3v) is 2.90. The molecule has 0 radical (unpaired) electrons. The minimum absolute atomic E-state index is 0.214. The number of hydrogen-bond acceptors (Lipinski definition) is 3. The molecule has 1 N–H and O–H groups in total. The highest BCUT2D eigenvalue weighted by Gasteiger charge is 2.12. The van der Waals surface area contributed by atoms with Crippen molar-refractivity contribution in [3.05, 3.63) is 66.1 Å². The number of anilines is 2. The van der Waals surface area contributed by atoms with Gasteiger partial charge in [0.25, 0.3) is 6.01 Å². The van der Waals surface area contributed by atoms with Crippen LogP contribution < -0.4 is 5.32 Å². The van der Waals surface area contributed by atoms with Gasteiger partial charge in [-0.2, -0.15) is 0 Å². The first-order valence-electron chi connectivity index (χ1n) is 5.96. The summed E-state index contributed by atoms with van der Waals surface area (Å²) >= 11 is 0. The zero-order valence-electron chi connectivity index (χ0n) is 10.1. The minimum Gasteiger partial charge on any atom is -0.428 e. The van der Waals surface area contributed by atoms with Gasteiger partial charge in [0.2, 0.25) is 0 Å². The summed E-state index contributed by atoms with van der Waals surface area (Å²) in [7, 11) is 0. The third-order valence-electron chi connectivity index (χ3n) is 2.90. The van der Waals surface area contributed by atoms with Crippen LogP contribution in [0.4, 0.5) is 11.7 Å². The topological polar surface area (TPSA) is 38.1 Å². The molecule has 3 nitrogen and oxygen atoms in total. The summed E-state index contributed by atoms with van der Waals surface area (Å²) in [5.74, 6) is 1.07. The molecule has 1 aromatic carbocycles. The first-order chi connectivity index (χ1) is 8.81. The van der Waals surface area contributed by atoms with Gasteiger partial charge in [-0.1, -0.05) is 42.0 Å². The SMILES string of the molecule is Cc1ccc(Nc2ncc(C3C=CC=C3)o2)cc1. The predicted octanol–water partition coefficient (Wildman–Crippen LogP) is 3.94. The predicted molar refractivity (Wildman–Crippen MR) is 72.0 cm³/mol. The van der Waals surface area contributed by atoms with Crippen LogP contribution in [0.1, 0.15) is 17.2 Å². The molecule has 0 fully saturated rings. The maximum absolute atomic E-state index is 5.68. The van der Waals surface area contributed by atoms with Crippen LogP contribution in [-0.4, -0.2) is 4.98 Å². The normalized spacial score (nSPS) is 14.3. The van der Waals surface area contributed by atoms with E-state index in [1.165, 1.54) is 5.56 Å². The van der Waals surface area contributed by atoms with Crippen molar-refractivity contribution in [1.82, 2.24) is 4.98 Å². The molecule has 3 rings (SSSR count). The van der Waals surface area contributed by atoms with Gasteiger partial charge in [-0.3, -0.25) is 0 Å². The van der Waals surface area contributed by atoms with Crippen molar-refractivity contribution in [2.75, 3.05) is 5.32 Å². The number of benzene rings is 1. The van der Waals surface area contributed by atoms with E-state index >= 15 is 0 Å². The number of oxazole rings is 1. The molecule has 0 saturated carbocycles. The Bertz CT molecular complexity index is 581. The zero-order valence-corrected chi connectivity index (χ0v) is 10.1. The number of aromatic nitrogens is 1. The smallest absolute Gasteiger partial charge is 0.299 e. The lowest BCUT2D eigenvalue weighted by Gasteiger charge is -2.02. The number of allylic oxidation sites excluding steroid dienone is 4. The van der Waals surface area contributed by atoms with E-state index in [4.69, 9.17) is 4.42 Å². The summed E-state index contributed by atoms with van der Waals surface area (Å²) in [4.78, 5) is 4.23. The Hall–Kier alpha value is -2.29. The first kappa shape index (κ1) is 10.8. The van der Waals surface area contributed by atoms with Crippen LogP contribution in [0.3, 0.4) is 0 Å². The molecule has 1 aliphatic rings. The van der Waals surface area contributed by atoms with Gasteiger partial charge in [0.05, 0.1) is 12.1 Å². The second-order valence-electron chi connectivity index (χ2n) is 4.35. The molecule has 0 saturated heterocycles. The maximum atomic E-state index is 5.68. The van der Waals surface area contributed by atoms with Crippen molar-refractivity contribution in [3.63, 3.8) is 0 Å². The number of aryl methyl sites for hydroxylation is 1. The third kappa shape index (κ3) is 2.20. The molecule has 3 heteroatoms. The molecule has 1 aromatic heterocycles. The van der Waals surface area contributed by atoms with E-state index in [0.29, 0.717) is 6.01 Å². The van der Waals surface area contributed by atoms with E-state index in [2.05, 4.69) is 41.5 Å². The van der Waals surface area contributed by atoms with E-state index in [0.717, 1.165) is 11.4 Å². The molecule has 2 aromatic rings. The zero-order chi connectivity index (χ0) is 12.4. The molecule has 0 amide bonds. The second-order valence-corrected chi connectivity index (χ2v) is 4.35. The fraction of sp³-hybridized carbons (Fsp3) is 0.133. The van der Waals surface area contributed by atoms with E-state index in [9.17, 15) is 0 Å². The quantitative estimate of drug-likeness (QED) is 0.880. The summed E-state index contributed by atoms with van der Waals surface area (Å²) in [6.45, 7) is 2.06. The lowest BCUT2D eigenvalue weighted by atomic mass is 10.1. The standard InChI is InChI=1S/C15H14N2O/c1-11-6-8-13(9-7-11)17-15-16-10-14(18-15)12-4-2-3-5-12/h2-10,12H,1H3,(H,16,17). The van der Waals surface area contributed by atoms with E-state index in [-0.39, 0.29) is 5.92 Å². The van der Waals surface area contributed by atoms with Crippen LogP contribution in [0, 0.1) is 6.92 Å². The Kier molecular flexibility index (Phi) is 2.73. The lowest BCUT2D eigenvalue weighted by molar-refractivity contribution is 0.522.